The van der Waals surface area contributed by atoms with E-state index < -0.39 is 23.7 Å². The second kappa shape index (κ2) is 9.76. The van der Waals surface area contributed by atoms with Crippen molar-refractivity contribution in [3.63, 3.8) is 0 Å². The van der Waals surface area contributed by atoms with Crippen LogP contribution in [-0.2, 0) is 14.3 Å². The highest BCUT2D eigenvalue weighted by Gasteiger charge is 2.35. The van der Waals surface area contributed by atoms with E-state index in [1.54, 1.807) is 0 Å². The van der Waals surface area contributed by atoms with Crippen LogP contribution in [0.2, 0.25) is 0 Å². The Morgan fingerprint density at radius 1 is 0.969 bits per heavy atom. The van der Waals surface area contributed by atoms with Crippen molar-refractivity contribution in [1.29, 1.82) is 0 Å². The van der Waals surface area contributed by atoms with Crippen molar-refractivity contribution in [1.82, 2.24) is 5.32 Å². The highest BCUT2D eigenvalue weighted by molar-refractivity contribution is 5.82. The molecule has 2 aromatic rings. The fourth-order valence-electron chi connectivity index (χ4n) is 4.24. The number of esters is 1. The van der Waals surface area contributed by atoms with Crippen molar-refractivity contribution >= 4 is 12.1 Å². The van der Waals surface area contributed by atoms with Crippen molar-refractivity contribution in [2.24, 2.45) is 11.8 Å². The van der Waals surface area contributed by atoms with Gasteiger partial charge in [0.05, 0.1) is 0 Å². The van der Waals surface area contributed by atoms with E-state index >= 15 is 0 Å². The zero-order chi connectivity index (χ0) is 23.5. The number of carbonyl (C=O) groups is 2. The molecule has 2 aromatic carbocycles. The molecule has 1 aliphatic rings. The van der Waals surface area contributed by atoms with Gasteiger partial charge in [0, 0.05) is 5.92 Å². The molecule has 0 radical (unpaired) electrons. The van der Waals surface area contributed by atoms with E-state index in [1.807, 2.05) is 52.0 Å². The Bertz CT molecular complexity index is 917. The third-order valence-corrected chi connectivity index (χ3v) is 6.35. The van der Waals surface area contributed by atoms with Crippen LogP contribution in [0.5, 0.6) is 0 Å². The van der Waals surface area contributed by atoms with Gasteiger partial charge in [-0.05, 0) is 54.9 Å². The number of fused-ring (bicyclic) bond motifs is 3. The fourth-order valence-corrected chi connectivity index (χ4v) is 4.24. The lowest BCUT2D eigenvalue weighted by atomic mass is 9.87. The van der Waals surface area contributed by atoms with Gasteiger partial charge in [-0.2, -0.15) is 0 Å². The third kappa shape index (κ3) is 5.32. The van der Waals surface area contributed by atoms with Crippen molar-refractivity contribution in [3.05, 3.63) is 59.7 Å². The fraction of sp³-hybridized carbons (Fsp3) is 0.481. The number of hydrogen-bond donors (Lipinski definition) is 1. The van der Waals surface area contributed by atoms with Crippen LogP contribution >= 0.6 is 0 Å². The van der Waals surface area contributed by atoms with Gasteiger partial charge in [0.25, 0.3) is 0 Å². The quantitative estimate of drug-likeness (QED) is 0.546. The first-order valence-corrected chi connectivity index (χ1v) is 11.5. The maximum atomic E-state index is 12.9. The lowest BCUT2D eigenvalue weighted by Gasteiger charge is -2.30. The van der Waals surface area contributed by atoms with Gasteiger partial charge in [-0.15, -0.1) is 0 Å². The molecule has 32 heavy (non-hydrogen) atoms. The van der Waals surface area contributed by atoms with Crippen molar-refractivity contribution in [3.8, 4) is 11.1 Å². The minimum absolute atomic E-state index is 0.0277. The van der Waals surface area contributed by atoms with Gasteiger partial charge < -0.3 is 14.8 Å². The number of hydrogen-bond acceptors (Lipinski definition) is 4. The third-order valence-electron chi connectivity index (χ3n) is 6.35. The molecule has 0 heterocycles. The van der Waals surface area contributed by atoms with Crippen LogP contribution in [0.3, 0.4) is 0 Å². The lowest BCUT2D eigenvalue weighted by Crippen LogP contribution is -2.49. The first-order valence-electron chi connectivity index (χ1n) is 11.5. The van der Waals surface area contributed by atoms with Gasteiger partial charge in [-0.25, -0.2) is 9.59 Å². The molecule has 1 amide bonds. The summed E-state index contributed by atoms with van der Waals surface area (Å²) in [6.07, 6.45) is 0.296. The highest BCUT2D eigenvalue weighted by atomic mass is 16.6. The molecule has 0 unspecified atom stereocenters. The van der Waals surface area contributed by atoms with Crippen LogP contribution in [0.4, 0.5) is 4.79 Å². The Kier molecular flexibility index (Phi) is 7.27. The number of ether oxygens (including phenoxy) is 2. The SMILES string of the molecule is CC[C@H](C)[C@H](C)[C@H](NC(=O)OCC1c2ccccc2-c2ccccc21)C(=O)OC(C)(C)C. The average Bonchev–Trinajstić information content (AvgIpc) is 3.07. The summed E-state index contributed by atoms with van der Waals surface area (Å²) in [6.45, 7) is 11.8. The smallest absolute Gasteiger partial charge is 0.407 e. The number of alkyl carbamates (subject to hydrolysis) is 1. The van der Waals surface area contributed by atoms with E-state index in [0.29, 0.717) is 0 Å². The molecule has 0 aromatic heterocycles. The maximum Gasteiger partial charge on any atom is 0.407 e. The van der Waals surface area contributed by atoms with E-state index in [-0.39, 0.29) is 24.4 Å². The molecule has 172 valence electrons. The zero-order valence-electron chi connectivity index (χ0n) is 20.0. The van der Waals surface area contributed by atoms with Crippen molar-refractivity contribution in [2.75, 3.05) is 6.61 Å². The summed E-state index contributed by atoms with van der Waals surface area (Å²) in [4.78, 5) is 25.6. The minimum Gasteiger partial charge on any atom is -0.458 e. The van der Waals surface area contributed by atoms with E-state index in [0.717, 1.165) is 17.5 Å². The van der Waals surface area contributed by atoms with E-state index in [9.17, 15) is 9.59 Å². The molecule has 0 fully saturated rings. The first-order chi connectivity index (χ1) is 15.1. The second-order valence-corrected chi connectivity index (χ2v) is 9.73. The van der Waals surface area contributed by atoms with E-state index in [4.69, 9.17) is 9.47 Å². The van der Waals surface area contributed by atoms with Crippen LogP contribution in [0, 0.1) is 11.8 Å². The molecular formula is C27H35NO4. The van der Waals surface area contributed by atoms with Gasteiger partial charge in [0.15, 0.2) is 0 Å². The van der Waals surface area contributed by atoms with Gasteiger partial charge in [-0.1, -0.05) is 75.7 Å². The van der Waals surface area contributed by atoms with Gasteiger partial charge in [0.1, 0.15) is 18.2 Å². The van der Waals surface area contributed by atoms with Crippen LogP contribution in [0.25, 0.3) is 11.1 Å². The Morgan fingerprint density at radius 3 is 2.00 bits per heavy atom. The van der Waals surface area contributed by atoms with E-state index in [1.165, 1.54) is 11.1 Å². The number of nitrogens with one attached hydrogen (secondary N) is 1. The Morgan fingerprint density at radius 2 is 1.50 bits per heavy atom. The largest absolute Gasteiger partial charge is 0.458 e. The van der Waals surface area contributed by atoms with Crippen LogP contribution in [0.15, 0.2) is 48.5 Å². The number of benzene rings is 2. The summed E-state index contributed by atoms with van der Waals surface area (Å²) < 4.78 is 11.2. The van der Waals surface area contributed by atoms with Crippen molar-refractivity contribution < 1.29 is 19.1 Å². The van der Waals surface area contributed by atoms with Crippen molar-refractivity contribution in [2.45, 2.75) is 65.5 Å². The summed E-state index contributed by atoms with van der Waals surface area (Å²) in [5.74, 6) is -0.310. The van der Waals surface area contributed by atoms with Gasteiger partial charge in [-0.3, -0.25) is 0 Å². The molecule has 3 rings (SSSR count). The van der Waals surface area contributed by atoms with E-state index in [2.05, 4.69) is 43.4 Å². The topological polar surface area (TPSA) is 64.6 Å². The molecular weight excluding hydrogens is 402 g/mol. The standard InChI is InChI=1S/C27H35NO4/c1-7-17(2)18(3)24(25(29)32-27(4,5)6)28-26(30)31-16-23-21-14-10-8-12-19(21)20-13-9-11-15-22(20)23/h8-15,17-18,23-24H,7,16H2,1-6H3,(H,28,30)/t17-,18-,24-/m0/s1. The van der Waals surface area contributed by atoms with Gasteiger partial charge in [0.2, 0.25) is 0 Å². The minimum atomic E-state index is -0.764. The molecule has 1 aliphatic carbocycles. The molecule has 1 N–H and O–H groups in total. The number of carbonyl (C=O) groups excluding carboxylic acids is 2. The van der Waals surface area contributed by atoms with Crippen LogP contribution in [0.1, 0.15) is 65.0 Å². The van der Waals surface area contributed by atoms with Crippen LogP contribution < -0.4 is 5.32 Å². The second-order valence-electron chi connectivity index (χ2n) is 9.73. The summed E-state index contributed by atoms with van der Waals surface area (Å²) in [5, 5.41) is 2.79. The molecule has 0 saturated carbocycles. The zero-order valence-corrected chi connectivity index (χ0v) is 20.0. The molecule has 5 heteroatoms. The highest BCUT2D eigenvalue weighted by Crippen LogP contribution is 2.44. The number of rotatable bonds is 7. The van der Waals surface area contributed by atoms with Gasteiger partial charge >= 0.3 is 12.1 Å². The molecule has 3 atom stereocenters. The summed E-state index contributed by atoms with van der Waals surface area (Å²) in [6, 6.07) is 15.6. The molecule has 0 aliphatic heterocycles. The maximum absolute atomic E-state index is 12.9. The Labute approximate surface area is 191 Å². The Hall–Kier alpha value is -2.82. The predicted octanol–water partition coefficient (Wildman–Crippen LogP) is 5.92. The lowest BCUT2D eigenvalue weighted by molar-refractivity contribution is -0.159. The molecule has 0 spiro atoms. The first kappa shape index (κ1) is 23.8. The summed E-state index contributed by atoms with van der Waals surface area (Å²) in [7, 11) is 0. The predicted molar refractivity (Wildman–Crippen MR) is 126 cm³/mol. The summed E-state index contributed by atoms with van der Waals surface area (Å²) in [5.41, 5.74) is 4.02. The molecule has 0 saturated heterocycles. The average molecular weight is 438 g/mol. The Balaban J connectivity index is 1.72. The van der Waals surface area contributed by atoms with Crippen LogP contribution in [-0.4, -0.2) is 30.3 Å². The monoisotopic (exact) mass is 437 g/mol. The molecule has 0 bridgehead atoms. The number of amides is 1. The molecule has 5 nitrogen and oxygen atoms in total. The normalized spacial score (nSPS) is 15.8. The summed E-state index contributed by atoms with van der Waals surface area (Å²) >= 11 is 0.